The second kappa shape index (κ2) is 7.34. The molecule has 0 saturated carbocycles. The highest BCUT2D eigenvalue weighted by molar-refractivity contribution is 6.74. The summed E-state index contributed by atoms with van der Waals surface area (Å²) in [6.07, 6.45) is 2.17. The number of carbonyl (C=O) groups is 1. The van der Waals surface area contributed by atoms with E-state index in [0.717, 1.165) is 12.8 Å². The summed E-state index contributed by atoms with van der Waals surface area (Å²) < 4.78 is 18.7. The molecule has 1 rings (SSSR count). The average Bonchev–Trinajstić information content (AvgIpc) is 2.62. The third kappa shape index (κ3) is 5.96. The van der Waals surface area contributed by atoms with Crippen molar-refractivity contribution in [3.05, 3.63) is 0 Å². The Balaban J connectivity index is 2.74. The van der Waals surface area contributed by atoms with Crippen LogP contribution in [0.25, 0.3) is 0 Å². The molecule has 1 aliphatic heterocycles. The van der Waals surface area contributed by atoms with E-state index >= 15 is 0 Å². The minimum Gasteiger partial charge on any atom is -0.411 e. The summed E-state index contributed by atoms with van der Waals surface area (Å²) in [7, 11) is -1.85. The largest absolute Gasteiger partial charge is 0.411 e. The van der Waals surface area contributed by atoms with E-state index < -0.39 is 14.1 Å². The zero-order valence-corrected chi connectivity index (χ0v) is 17.5. The van der Waals surface area contributed by atoms with Crippen LogP contribution in [0, 0.1) is 0 Å². The van der Waals surface area contributed by atoms with Crippen LogP contribution in [0.4, 0.5) is 0 Å². The summed E-state index contributed by atoms with van der Waals surface area (Å²) in [6.45, 7) is 18.9. The summed E-state index contributed by atoms with van der Waals surface area (Å²) in [6, 6.07) is 0. The third-order valence-electron chi connectivity index (χ3n) is 4.99. The molecule has 1 heterocycles. The molecular formula is C18H36O4Si. The molecule has 0 aromatic carbocycles. The van der Waals surface area contributed by atoms with Crippen LogP contribution in [0.15, 0.2) is 0 Å². The lowest BCUT2D eigenvalue weighted by atomic mass is 10.0. The van der Waals surface area contributed by atoms with Crippen molar-refractivity contribution in [2.45, 2.75) is 110 Å². The van der Waals surface area contributed by atoms with Crippen molar-refractivity contribution in [2.75, 3.05) is 0 Å². The van der Waals surface area contributed by atoms with Crippen LogP contribution >= 0.6 is 0 Å². The van der Waals surface area contributed by atoms with Crippen LogP contribution in [-0.2, 0) is 18.7 Å². The minimum atomic E-state index is -1.85. The Morgan fingerprint density at radius 3 is 2.30 bits per heavy atom. The molecule has 0 radical (unpaired) electrons. The van der Waals surface area contributed by atoms with Crippen molar-refractivity contribution in [3.8, 4) is 0 Å². The Morgan fingerprint density at radius 1 is 1.26 bits per heavy atom. The topological polar surface area (TPSA) is 44.8 Å². The van der Waals surface area contributed by atoms with E-state index in [2.05, 4.69) is 40.8 Å². The monoisotopic (exact) mass is 344 g/mol. The molecule has 0 bridgehead atoms. The zero-order valence-electron chi connectivity index (χ0n) is 16.5. The number of ketones is 1. The fourth-order valence-electron chi connectivity index (χ4n) is 2.75. The van der Waals surface area contributed by atoms with Gasteiger partial charge in [-0.25, -0.2) is 0 Å². The van der Waals surface area contributed by atoms with E-state index in [1.54, 1.807) is 6.92 Å². The Morgan fingerprint density at radius 2 is 1.83 bits per heavy atom. The van der Waals surface area contributed by atoms with Gasteiger partial charge in [0.1, 0.15) is 11.9 Å². The number of hydrogen-bond acceptors (Lipinski definition) is 4. The lowest BCUT2D eigenvalue weighted by Crippen LogP contribution is -2.48. The van der Waals surface area contributed by atoms with Gasteiger partial charge in [-0.15, -0.1) is 0 Å². The molecule has 5 heteroatoms. The zero-order chi connectivity index (χ0) is 18.1. The number of rotatable bonds is 7. The SMILES string of the molecule is CC(=O)CCCC1OC(C)(C)OC1C(C)O[Si](C)(C)C(C)(C)C. The molecule has 1 fully saturated rings. The summed E-state index contributed by atoms with van der Waals surface area (Å²) in [4.78, 5) is 11.2. The van der Waals surface area contributed by atoms with Crippen LogP contribution < -0.4 is 0 Å². The Hall–Kier alpha value is -0.233. The fourth-order valence-corrected chi connectivity index (χ4v) is 4.16. The van der Waals surface area contributed by atoms with Crippen LogP contribution in [0.3, 0.4) is 0 Å². The lowest BCUT2D eigenvalue weighted by molar-refractivity contribution is -0.153. The third-order valence-corrected chi connectivity index (χ3v) is 9.56. The van der Waals surface area contributed by atoms with Crippen molar-refractivity contribution < 1.29 is 18.7 Å². The molecule has 0 amide bonds. The molecule has 136 valence electrons. The molecule has 23 heavy (non-hydrogen) atoms. The molecule has 3 unspecified atom stereocenters. The van der Waals surface area contributed by atoms with Gasteiger partial charge in [0.05, 0.1) is 12.2 Å². The molecule has 0 aliphatic carbocycles. The van der Waals surface area contributed by atoms with Crippen molar-refractivity contribution in [1.82, 2.24) is 0 Å². The molecule has 0 N–H and O–H groups in total. The maximum absolute atomic E-state index is 11.2. The predicted molar refractivity (Wildman–Crippen MR) is 96.1 cm³/mol. The van der Waals surface area contributed by atoms with Gasteiger partial charge in [0.2, 0.25) is 0 Å². The van der Waals surface area contributed by atoms with E-state index in [4.69, 9.17) is 13.9 Å². The Bertz CT molecular complexity index is 412. The highest BCUT2D eigenvalue weighted by Crippen LogP contribution is 2.40. The summed E-state index contributed by atoms with van der Waals surface area (Å²) >= 11 is 0. The van der Waals surface area contributed by atoms with Gasteiger partial charge in [-0.1, -0.05) is 20.8 Å². The Labute approximate surface area is 143 Å². The normalized spacial score (nSPS) is 26.3. The highest BCUT2D eigenvalue weighted by Gasteiger charge is 2.47. The molecule has 0 aromatic rings. The van der Waals surface area contributed by atoms with Gasteiger partial charge in [-0.05, 0) is 58.7 Å². The molecule has 1 saturated heterocycles. The summed E-state index contributed by atoms with van der Waals surface area (Å²) in [5.41, 5.74) is 0. The molecule has 3 atom stereocenters. The first-order chi connectivity index (χ1) is 10.3. The second-order valence-corrected chi connectivity index (χ2v) is 13.6. The summed E-state index contributed by atoms with van der Waals surface area (Å²) in [5.74, 6) is -0.360. The van der Waals surface area contributed by atoms with Crippen molar-refractivity contribution in [1.29, 1.82) is 0 Å². The first-order valence-corrected chi connectivity index (χ1v) is 11.7. The van der Waals surface area contributed by atoms with Crippen molar-refractivity contribution in [3.63, 3.8) is 0 Å². The van der Waals surface area contributed by atoms with E-state index in [9.17, 15) is 4.79 Å². The first-order valence-electron chi connectivity index (χ1n) is 8.78. The maximum atomic E-state index is 11.2. The lowest BCUT2D eigenvalue weighted by Gasteiger charge is -2.40. The fraction of sp³-hybridized carbons (Fsp3) is 0.944. The van der Waals surface area contributed by atoms with Gasteiger partial charge in [0, 0.05) is 6.42 Å². The van der Waals surface area contributed by atoms with Crippen LogP contribution in [0.1, 0.15) is 67.7 Å². The maximum Gasteiger partial charge on any atom is 0.192 e. The number of hydrogen-bond donors (Lipinski definition) is 0. The summed E-state index contributed by atoms with van der Waals surface area (Å²) in [5, 5.41) is 0.167. The van der Waals surface area contributed by atoms with Crippen LogP contribution in [0.2, 0.25) is 18.1 Å². The molecule has 4 nitrogen and oxygen atoms in total. The quantitative estimate of drug-likeness (QED) is 0.629. The molecule has 0 aromatic heterocycles. The number of Topliss-reactive ketones (excluding diaryl/α,β-unsaturated/α-hetero) is 1. The van der Waals surface area contributed by atoms with Gasteiger partial charge in [-0.2, -0.15) is 0 Å². The molecular weight excluding hydrogens is 308 g/mol. The molecule has 1 aliphatic rings. The highest BCUT2D eigenvalue weighted by atomic mass is 28.4. The van der Waals surface area contributed by atoms with Gasteiger partial charge in [-0.3, -0.25) is 0 Å². The van der Waals surface area contributed by atoms with Crippen molar-refractivity contribution >= 4 is 14.1 Å². The average molecular weight is 345 g/mol. The second-order valence-electron chi connectivity index (χ2n) is 8.82. The Kier molecular flexibility index (Phi) is 6.64. The van der Waals surface area contributed by atoms with E-state index in [-0.39, 0.29) is 29.1 Å². The number of carbonyl (C=O) groups excluding carboxylic acids is 1. The minimum absolute atomic E-state index is 0.0101. The predicted octanol–water partition coefficient (Wildman–Crippen LogP) is 4.68. The van der Waals surface area contributed by atoms with Gasteiger partial charge in [0.25, 0.3) is 0 Å². The standard InChI is InChI=1S/C18H36O4Si/c1-13(19)11-10-12-15-16(21-18(6,7)20-15)14(2)22-23(8,9)17(3,4)5/h14-16H,10-12H2,1-9H3. The molecule has 0 spiro atoms. The van der Waals surface area contributed by atoms with Gasteiger partial charge in [0.15, 0.2) is 14.1 Å². The van der Waals surface area contributed by atoms with Crippen molar-refractivity contribution in [2.24, 2.45) is 0 Å². The smallest absolute Gasteiger partial charge is 0.192 e. The van der Waals surface area contributed by atoms with E-state index in [1.807, 2.05) is 13.8 Å². The van der Waals surface area contributed by atoms with E-state index in [0.29, 0.717) is 6.42 Å². The van der Waals surface area contributed by atoms with Gasteiger partial charge < -0.3 is 18.7 Å². The van der Waals surface area contributed by atoms with Crippen LogP contribution in [0.5, 0.6) is 0 Å². The van der Waals surface area contributed by atoms with E-state index in [1.165, 1.54) is 0 Å². The number of ether oxygens (including phenoxy) is 2. The van der Waals surface area contributed by atoms with Crippen LogP contribution in [-0.4, -0.2) is 38.2 Å². The first kappa shape index (κ1) is 20.8. The van der Waals surface area contributed by atoms with Gasteiger partial charge >= 0.3 is 0 Å².